The molecular formula is C89H80F16K2O11. The van der Waals surface area contributed by atoms with Crippen molar-refractivity contribution in [2.24, 2.45) is 0 Å². The van der Waals surface area contributed by atoms with Crippen LogP contribution in [0.3, 0.4) is 0 Å². The number of ether oxygens (including phenoxy) is 6. The molecule has 29 heteroatoms. The first kappa shape index (κ1) is 98.2. The van der Waals surface area contributed by atoms with Crippen molar-refractivity contribution in [1.29, 1.82) is 0 Å². The summed E-state index contributed by atoms with van der Waals surface area (Å²) in [4.78, 5) is 11.2. The van der Waals surface area contributed by atoms with Crippen LogP contribution in [0.2, 0.25) is 0 Å². The van der Waals surface area contributed by atoms with Gasteiger partial charge < -0.3 is 50.2 Å². The molecule has 0 aliphatic carbocycles. The first-order valence-electron chi connectivity index (χ1n) is 35.3. The van der Waals surface area contributed by atoms with Crippen molar-refractivity contribution in [2.75, 3.05) is 0 Å². The average molecular weight is 1710 g/mol. The van der Waals surface area contributed by atoms with Crippen molar-refractivity contribution in [3.05, 3.63) is 301 Å². The Balaban J connectivity index is 0.000000369. The normalized spacial score (nSPS) is 11.1. The largest absolute Gasteiger partial charge is 1.00 e. The van der Waals surface area contributed by atoms with Crippen LogP contribution in [-0.2, 0) is 20.5 Å². The summed E-state index contributed by atoms with van der Waals surface area (Å²) in [6, 6.07) is 30.3. The quantitative estimate of drug-likeness (QED) is 0.0171. The number of benzene rings is 11. The van der Waals surface area contributed by atoms with E-state index in [1.807, 2.05) is 104 Å². The Kier molecular flexibility index (Phi) is 33.1. The predicted octanol–water partition coefficient (Wildman–Crippen LogP) is 19.6. The number of phenolic OH excluding ortho intramolecular Hbond substituents is 2. The molecule has 0 spiro atoms. The molecule has 0 saturated heterocycles. The summed E-state index contributed by atoms with van der Waals surface area (Å²) in [5, 5.41) is 28.7. The molecule has 0 aromatic heterocycles. The Morgan fingerprint density at radius 2 is 0.373 bits per heavy atom. The molecule has 0 aliphatic heterocycles. The SMILES string of the molecule is Cc1cc(C(C)(C)c2cc(C)c(Oc3cc(C)c(Oc4c(F)c(F)c(F)c(F)c4F)c(C)c3)c(C)c2)cc(C)c1Oc1cc(C)c(Oc2c(F)c(F)c(F)c(F)c2F)c(C)c1.Cc1cc(Oc2c(C)cc(C(C)(C)c3cc(C)c(Oc4cc(C)c(O)c(C)c4)c(C)c3)cc2C)cc(C)c1O.Fc1c(F)c(F)c(F)c(F)c1F.O=CO[O-].[H-].[K+].[K+]. The van der Waals surface area contributed by atoms with E-state index in [0.29, 0.717) is 56.8 Å². The molecule has 0 bridgehead atoms. The maximum Gasteiger partial charge on any atom is 1.00 e. The molecule has 0 atom stereocenters. The van der Waals surface area contributed by atoms with Gasteiger partial charge in [0.25, 0.3) is 6.47 Å². The number of hydrogen-bond acceptors (Lipinski definition) is 11. The van der Waals surface area contributed by atoms with Crippen LogP contribution in [0.25, 0.3) is 0 Å². The topological polar surface area (TPSA) is 145 Å². The summed E-state index contributed by atoms with van der Waals surface area (Å²) in [5.41, 5.74) is 15.4. The van der Waals surface area contributed by atoms with Gasteiger partial charge in [0.05, 0.1) is 0 Å². The third kappa shape index (κ3) is 21.0. The van der Waals surface area contributed by atoms with Crippen LogP contribution in [0.4, 0.5) is 70.2 Å². The van der Waals surface area contributed by atoms with Crippen molar-refractivity contribution in [3.63, 3.8) is 0 Å². The predicted molar refractivity (Wildman–Crippen MR) is 402 cm³/mol. The summed E-state index contributed by atoms with van der Waals surface area (Å²) < 4.78 is 248. The number of rotatable bonds is 17. The van der Waals surface area contributed by atoms with Crippen molar-refractivity contribution in [3.8, 4) is 80.5 Å². The number of aromatic hydroxyl groups is 2. The molecule has 616 valence electrons. The molecule has 0 radical (unpaired) electrons. The zero-order valence-corrected chi connectivity index (χ0v) is 74.7. The molecule has 0 unspecified atom stereocenters. The van der Waals surface area contributed by atoms with E-state index in [1.165, 1.54) is 35.4 Å². The number of carbonyl (C=O) groups excluding carboxylic acids is 1. The maximum atomic E-state index is 14.4. The van der Waals surface area contributed by atoms with Crippen LogP contribution in [0.15, 0.2) is 97.1 Å². The van der Waals surface area contributed by atoms with E-state index in [0.717, 1.165) is 101 Å². The number of phenols is 2. The van der Waals surface area contributed by atoms with E-state index in [-0.39, 0.29) is 128 Å². The molecule has 2 N–H and O–H groups in total. The van der Waals surface area contributed by atoms with Crippen molar-refractivity contribution in [1.82, 2.24) is 0 Å². The fourth-order valence-corrected chi connectivity index (χ4v) is 13.0. The smallest absolute Gasteiger partial charge is 1.00 e. The van der Waals surface area contributed by atoms with Gasteiger partial charge in [0, 0.05) is 10.8 Å². The Labute approximate surface area is 758 Å². The summed E-state index contributed by atoms with van der Waals surface area (Å²) in [6.45, 7) is 37.9. The number of hydrogen-bond donors (Lipinski definition) is 2. The monoisotopic (exact) mass is 1710 g/mol. The molecule has 0 fully saturated rings. The first-order valence-corrected chi connectivity index (χ1v) is 35.3. The Morgan fingerprint density at radius 3 is 0.525 bits per heavy atom. The molecule has 0 aliphatic rings. The second-order valence-electron chi connectivity index (χ2n) is 29.1. The van der Waals surface area contributed by atoms with Crippen LogP contribution < -0.4 is 136 Å². The third-order valence-electron chi connectivity index (χ3n) is 19.3. The van der Waals surface area contributed by atoms with Gasteiger partial charge >= 0.3 is 103 Å². The van der Waals surface area contributed by atoms with Crippen LogP contribution in [0.1, 0.15) is 140 Å². The number of aryl methyl sites for hydroxylation is 16. The van der Waals surface area contributed by atoms with E-state index in [4.69, 9.17) is 38.5 Å². The maximum absolute atomic E-state index is 14.4. The van der Waals surface area contributed by atoms with Gasteiger partial charge in [0.2, 0.25) is 105 Å². The van der Waals surface area contributed by atoms with Gasteiger partial charge in [-0.05, 0) is 271 Å². The minimum Gasteiger partial charge on any atom is -1.00 e. The zero-order chi connectivity index (χ0) is 86.8. The summed E-state index contributed by atoms with van der Waals surface area (Å²) in [7, 11) is 0. The van der Waals surface area contributed by atoms with Gasteiger partial charge in [0.15, 0.2) is 0 Å². The molecule has 0 saturated carbocycles. The van der Waals surface area contributed by atoms with Crippen molar-refractivity contribution in [2.45, 2.75) is 149 Å². The Hall–Kier alpha value is -8.60. The van der Waals surface area contributed by atoms with E-state index in [1.54, 1.807) is 27.7 Å². The molecule has 11 rings (SSSR count). The van der Waals surface area contributed by atoms with Gasteiger partial charge in [0.1, 0.15) is 69.0 Å². The van der Waals surface area contributed by atoms with E-state index >= 15 is 0 Å². The standard InChI is InChI=1S/C47H38F10O4.C35H40O4.C6F6.CH2O3.2K.H/c1-19-11-27(12-20(2)41(19)58-29-15-23(5)43(24(6)16-29)60-45-37(54)33(50)31(48)34(51)38(45)55)47(9,10)28-13-21(3)42(22(4)14-28)59-30-17-25(7)44(26(8)18-30)61-46-39(56)35(52)32(49)36(53)40(46)57;1-19-15-29(16-20(2)31(19)36)38-33-23(5)11-27(12-24(33)6)35(9,10)28-13-25(7)34(26(8)14-28)39-30-17-21(3)32(37)22(4)18-30;7-1-2(8)4(10)6(12)5(11)3(1)9;2-1-4-3;;;/h11-18H,1-10H3;11-18,36-37H,1-10H3;;1,3H;;;/q;;;;2*+1;-1/p-1. The minimum absolute atomic E-state index is 0. The van der Waals surface area contributed by atoms with Gasteiger partial charge in [-0.25, -0.2) is 52.7 Å². The third-order valence-corrected chi connectivity index (χ3v) is 19.3. The van der Waals surface area contributed by atoms with Crippen molar-refractivity contribution >= 4 is 6.47 Å². The zero-order valence-electron chi connectivity index (χ0n) is 69.4. The second-order valence-corrected chi connectivity index (χ2v) is 29.1. The molecule has 118 heavy (non-hydrogen) atoms. The van der Waals surface area contributed by atoms with Crippen molar-refractivity contribution < 1.29 is 228 Å². The van der Waals surface area contributed by atoms with Crippen LogP contribution >= 0.6 is 0 Å². The molecule has 0 amide bonds. The van der Waals surface area contributed by atoms with Crippen LogP contribution in [-0.4, -0.2) is 16.7 Å². The van der Waals surface area contributed by atoms with Gasteiger partial charge in [-0.3, -0.25) is 4.79 Å². The molecule has 0 heterocycles. The number of halogens is 16. The summed E-state index contributed by atoms with van der Waals surface area (Å²) >= 11 is 0. The minimum atomic E-state index is -2.37. The average Bonchev–Trinajstić information content (AvgIpc) is 0.769. The van der Waals surface area contributed by atoms with E-state index in [9.17, 15) is 80.5 Å². The van der Waals surface area contributed by atoms with Gasteiger partial charge in [-0.1, -0.05) is 76.2 Å². The van der Waals surface area contributed by atoms with E-state index < -0.39 is 110 Å². The Bertz CT molecular complexity index is 5070. The number of carbonyl (C=O) groups is 1. The molecule has 11 nitrogen and oxygen atoms in total. The molecule has 11 aromatic rings. The van der Waals surface area contributed by atoms with Gasteiger partial charge in [-0.2, -0.15) is 17.6 Å². The Morgan fingerprint density at radius 1 is 0.246 bits per heavy atom. The fraction of sp³-hybridized carbons (Fsp3) is 0.247. The molecule has 11 aromatic carbocycles. The van der Waals surface area contributed by atoms with Crippen LogP contribution in [0.5, 0.6) is 80.5 Å². The van der Waals surface area contributed by atoms with Crippen LogP contribution in [0, 0.1) is 204 Å². The fourth-order valence-electron chi connectivity index (χ4n) is 13.0. The van der Waals surface area contributed by atoms with Gasteiger partial charge in [-0.15, -0.1) is 0 Å². The first-order chi connectivity index (χ1) is 54.0. The molecular weight excluding hydrogens is 1630 g/mol. The summed E-state index contributed by atoms with van der Waals surface area (Å²) in [5.74, 6) is -33.2. The van der Waals surface area contributed by atoms with E-state index in [2.05, 4.69) is 84.5 Å². The summed E-state index contributed by atoms with van der Waals surface area (Å²) in [6.07, 6.45) is 0. The second kappa shape index (κ2) is 39.7.